The summed E-state index contributed by atoms with van der Waals surface area (Å²) < 4.78 is 24.6. The van der Waals surface area contributed by atoms with Crippen molar-refractivity contribution in [1.29, 1.82) is 0 Å². The largest absolute Gasteiger partial charge is 0.390 e. The fraction of sp³-hybridized carbons (Fsp3) is 0.667. The van der Waals surface area contributed by atoms with Crippen LogP contribution in [0.25, 0.3) is 0 Å². The van der Waals surface area contributed by atoms with Gasteiger partial charge in [-0.05, 0) is 0 Å². The van der Waals surface area contributed by atoms with Gasteiger partial charge in [0.2, 0.25) is 10.0 Å². The van der Waals surface area contributed by atoms with E-state index in [2.05, 4.69) is 14.7 Å². The van der Waals surface area contributed by atoms with Crippen LogP contribution in [-0.2, 0) is 16.6 Å². The van der Waals surface area contributed by atoms with E-state index in [0.29, 0.717) is 19.6 Å². The maximum absolute atomic E-state index is 11.1. The molecule has 0 saturated carbocycles. The van der Waals surface area contributed by atoms with Crippen LogP contribution in [0, 0.1) is 0 Å². The van der Waals surface area contributed by atoms with E-state index in [-0.39, 0.29) is 0 Å². The summed E-state index contributed by atoms with van der Waals surface area (Å²) in [6.45, 7) is 1.57. The maximum atomic E-state index is 11.1. The smallest absolute Gasteiger partial charge is 0.209 e. The van der Waals surface area contributed by atoms with Gasteiger partial charge in [-0.1, -0.05) is 0 Å². The third kappa shape index (κ3) is 3.50. The number of aromatic nitrogens is 2. The minimum Gasteiger partial charge on any atom is -0.390 e. The summed E-state index contributed by atoms with van der Waals surface area (Å²) in [5, 5.41) is 9.76. The molecule has 0 aromatic carbocycles. The lowest BCUT2D eigenvalue weighted by Crippen LogP contribution is -2.42. The zero-order valence-corrected chi connectivity index (χ0v) is 10.3. The molecule has 1 aliphatic rings. The SMILES string of the molecule is CS(=O)(=O)N[C@@H]1CN(Cc2cnc[nH]2)C[C@H]1O. The lowest BCUT2D eigenvalue weighted by molar-refractivity contribution is 0.159. The fourth-order valence-corrected chi connectivity index (χ4v) is 2.78. The quantitative estimate of drug-likeness (QED) is 0.612. The Balaban J connectivity index is 1.93. The number of hydrogen-bond donors (Lipinski definition) is 3. The molecule has 1 fully saturated rings. The summed E-state index contributed by atoms with van der Waals surface area (Å²) in [5.74, 6) is 0. The van der Waals surface area contributed by atoms with E-state index >= 15 is 0 Å². The van der Waals surface area contributed by atoms with Crippen molar-refractivity contribution in [3.8, 4) is 0 Å². The number of nitrogens with zero attached hydrogens (tertiary/aromatic N) is 2. The Morgan fingerprint density at radius 1 is 1.65 bits per heavy atom. The van der Waals surface area contributed by atoms with Crippen molar-refractivity contribution in [2.75, 3.05) is 19.3 Å². The van der Waals surface area contributed by atoms with Crippen LogP contribution in [0.4, 0.5) is 0 Å². The number of sulfonamides is 1. The topological polar surface area (TPSA) is 98.3 Å². The first-order valence-corrected chi connectivity index (χ1v) is 7.18. The van der Waals surface area contributed by atoms with Crippen LogP contribution < -0.4 is 4.72 Å². The Morgan fingerprint density at radius 3 is 3.00 bits per heavy atom. The van der Waals surface area contributed by atoms with Crippen LogP contribution in [0.5, 0.6) is 0 Å². The predicted octanol–water partition coefficient (Wildman–Crippen LogP) is -1.50. The van der Waals surface area contributed by atoms with Crippen molar-refractivity contribution in [3.63, 3.8) is 0 Å². The van der Waals surface area contributed by atoms with Crippen molar-refractivity contribution >= 4 is 10.0 Å². The summed E-state index contributed by atoms with van der Waals surface area (Å²) in [7, 11) is -3.28. The average molecular weight is 260 g/mol. The number of hydrogen-bond acceptors (Lipinski definition) is 5. The molecule has 1 aromatic rings. The van der Waals surface area contributed by atoms with Crippen LogP contribution >= 0.6 is 0 Å². The Kier molecular flexibility index (Phi) is 3.48. The highest BCUT2D eigenvalue weighted by molar-refractivity contribution is 7.88. The zero-order chi connectivity index (χ0) is 12.5. The van der Waals surface area contributed by atoms with Crippen molar-refractivity contribution < 1.29 is 13.5 Å². The predicted molar refractivity (Wildman–Crippen MR) is 61.6 cm³/mol. The second-order valence-electron chi connectivity index (χ2n) is 4.33. The third-order valence-corrected chi connectivity index (χ3v) is 3.41. The highest BCUT2D eigenvalue weighted by Crippen LogP contribution is 2.13. The molecule has 2 atom stereocenters. The van der Waals surface area contributed by atoms with Gasteiger partial charge in [0, 0.05) is 31.5 Å². The van der Waals surface area contributed by atoms with Crippen molar-refractivity contribution in [2.24, 2.45) is 0 Å². The van der Waals surface area contributed by atoms with Crippen LogP contribution in [0.15, 0.2) is 12.5 Å². The van der Waals surface area contributed by atoms with Gasteiger partial charge in [0.1, 0.15) is 0 Å². The molecule has 96 valence electrons. The van der Waals surface area contributed by atoms with Crippen molar-refractivity contribution in [3.05, 3.63) is 18.2 Å². The summed E-state index contributed by atoms with van der Waals surface area (Å²) >= 11 is 0. The zero-order valence-electron chi connectivity index (χ0n) is 9.50. The second-order valence-corrected chi connectivity index (χ2v) is 6.11. The van der Waals surface area contributed by atoms with Crippen LogP contribution in [-0.4, -0.2) is 59.9 Å². The molecule has 2 heterocycles. The van der Waals surface area contributed by atoms with Gasteiger partial charge in [0.25, 0.3) is 0 Å². The molecule has 0 bridgehead atoms. The number of H-pyrrole nitrogens is 1. The minimum atomic E-state index is -3.28. The van der Waals surface area contributed by atoms with Gasteiger partial charge in [0.05, 0.1) is 24.7 Å². The molecule has 0 aliphatic carbocycles. The molecule has 2 rings (SSSR count). The highest BCUT2D eigenvalue weighted by atomic mass is 32.2. The number of β-amino-alcohol motifs (C(OH)–C–C–N with tert-alkyl or cyclic N) is 1. The molecule has 0 amide bonds. The minimum absolute atomic E-state index is 0.437. The number of imidazole rings is 1. The molecule has 17 heavy (non-hydrogen) atoms. The molecular weight excluding hydrogens is 244 g/mol. The molecule has 0 spiro atoms. The second kappa shape index (κ2) is 4.73. The number of aliphatic hydroxyl groups excluding tert-OH is 1. The Hall–Kier alpha value is -0.960. The first-order chi connectivity index (χ1) is 7.94. The maximum Gasteiger partial charge on any atom is 0.209 e. The van der Waals surface area contributed by atoms with E-state index < -0.39 is 22.2 Å². The van der Waals surface area contributed by atoms with E-state index in [1.807, 2.05) is 4.90 Å². The van der Waals surface area contributed by atoms with Crippen LogP contribution in [0.1, 0.15) is 5.69 Å². The van der Waals surface area contributed by atoms with E-state index in [4.69, 9.17) is 0 Å². The molecule has 1 aliphatic heterocycles. The molecule has 1 saturated heterocycles. The van der Waals surface area contributed by atoms with Gasteiger partial charge in [-0.15, -0.1) is 0 Å². The van der Waals surface area contributed by atoms with Crippen molar-refractivity contribution in [2.45, 2.75) is 18.7 Å². The van der Waals surface area contributed by atoms with Crippen LogP contribution in [0.2, 0.25) is 0 Å². The van der Waals surface area contributed by atoms with E-state index in [1.54, 1.807) is 12.5 Å². The summed E-state index contributed by atoms with van der Waals surface area (Å²) in [6.07, 6.45) is 3.72. The van der Waals surface area contributed by atoms with Gasteiger partial charge in [-0.3, -0.25) is 4.90 Å². The number of rotatable bonds is 4. The number of likely N-dealkylation sites (tertiary alicyclic amines) is 1. The third-order valence-electron chi connectivity index (χ3n) is 2.68. The van der Waals surface area contributed by atoms with E-state index in [1.165, 1.54) is 0 Å². The fourth-order valence-electron chi connectivity index (χ4n) is 2.00. The lowest BCUT2D eigenvalue weighted by Gasteiger charge is -2.14. The average Bonchev–Trinajstić information content (AvgIpc) is 2.76. The van der Waals surface area contributed by atoms with Gasteiger partial charge in [-0.25, -0.2) is 18.1 Å². The normalized spacial score (nSPS) is 26.5. The molecule has 1 aromatic heterocycles. The van der Waals surface area contributed by atoms with Gasteiger partial charge in [0.15, 0.2) is 0 Å². The Morgan fingerprint density at radius 2 is 2.41 bits per heavy atom. The molecule has 7 nitrogen and oxygen atoms in total. The molecule has 8 heteroatoms. The van der Waals surface area contributed by atoms with Gasteiger partial charge >= 0.3 is 0 Å². The number of aliphatic hydroxyl groups is 1. The molecular formula is C9H16N4O3S. The first-order valence-electron chi connectivity index (χ1n) is 5.29. The van der Waals surface area contributed by atoms with Crippen LogP contribution in [0.3, 0.4) is 0 Å². The molecule has 0 radical (unpaired) electrons. The van der Waals surface area contributed by atoms with E-state index in [0.717, 1.165) is 11.9 Å². The summed E-state index contributed by atoms with van der Waals surface area (Å²) in [4.78, 5) is 8.85. The van der Waals surface area contributed by atoms with Gasteiger partial charge in [-0.2, -0.15) is 0 Å². The Labute approximate surface area is 99.9 Å². The molecule has 3 N–H and O–H groups in total. The monoisotopic (exact) mass is 260 g/mol. The van der Waals surface area contributed by atoms with E-state index in [9.17, 15) is 13.5 Å². The highest BCUT2D eigenvalue weighted by Gasteiger charge is 2.33. The lowest BCUT2D eigenvalue weighted by atomic mass is 10.2. The van der Waals surface area contributed by atoms with Crippen molar-refractivity contribution in [1.82, 2.24) is 19.6 Å². The molecule has 0 unspecified atom stereocenters. The first kappa shape index (κ1) is 12.5. The number of aromatic amines is 1. The number of nitrogens with one attached hydrogen (secondary N) is 2. The standard InChI is InChI=1S/C9H16N4O3S/c1-17(15,16)12-8-4-13(5-9(8)14)3-7-2-10-6-11-7/h2,6,8-9,12,14H,3-5H2,1H3,(H,10,11)/t8-,9-/m1/s1. The summed E-state index contributed by atoms with van der Waals surface area (Å²) in [6, 6.07) is -0.437. The summed E-state index contributed by atoms with van der Waals surface area (Å²) in [5.41, 5.74) is 0.942. The Bertz CT molecular complexity index is 459. The van der Waals surface area contributed by atoms with Gasteiger partial charge < -0.3 is 10.1 Å².